The maximum atomic E-state index is 8.69. The van der Waals surface area contributed by atoms with Gasteiger partial charge < -0.3 is 0 Å². The Morgan fingerprint density at radius 2 is 1.17 bits per heavy atom. The van der Waals surface area contributed by atoms with E-state index in [-0.39, 0.29) is 18.9 Å². The Kier molecular flexibility index (Phi) is 4.23. The van der Waals surface area contributed by atoms with Crippen molar-refractivity contribution in [3.8, 4) is 0 Å². The molecule has 1 N–H and O–H groups in total. The first-order chi connectivity index (χ1) is 2.00. The van der Waals surface area contributed by atoms with Crippen molar-refractivity contribution in [2.45, 2.75) is 0 Å². The second kappa shape index (κ2) is 2.62. The molecule has 0 aliphatic heterocycles. The van der Waals surface area contributed by atoms with Gasteiger partial charge in [-0.1, -0.05) is 0 Å². The molecule has 0 aromatic carbocycles. The Morgan fingerprint density at radius 3 is 1.17 bits per heavy atom. The third-order valence-corrected chi connectivity index (χ3v) is 0. The fourth-order valence-electron chi connectivity index (χ4n) is 0. The molecule has 0 bridgehead atoms. The van der Waals surface area contributed by atoms with Gasteiger partial charge in [-0.2, -0.15) is 0 Å². The minimum absolute atomic E-state index is 0. The zero-order valence-corrected chi connectivity index (χ0v) is 4.23. The van der Waals surface area contributed by atoms with Crippen molar-refractivity contribution >= 4 is 18.9 Å². The van der Waals surface area contributed by atoms with Crippen LogP contribution in [0.3, 0.4) is 0 Å². The van der Waals surface area contributed by atoms with Crippen molar-refractivity contribution in [2.75, 3.05) is 0 Å². The zero-order valence-electron chi connectivity index (χ0n) is 3.05. The molecule has 0 atom stereocenters. The summed E-state index contributed by atoms with van der Waals surface area (Å²) in [6.45, 7) is 0. The summed E-state index contributed by atoms with van der Waals surface area (Å²) in [5, 5.41) is 0. The Balaban J connectivity index is 0. The van der Waals surface area contributed by atoms with Gasteiger partial charge in [0, 0.05) is 18.9 Å². The molecule has 0 aliphatic carbocycles. The fourth-order valence-corrected chi connectivity index (χ4v) is 0. The van der Waals surface area contributed by atoms with Gasteiger partial charge in [0.2, 0.25) is 0 Å². The summed E-state index contributed by atoms with van der Waals surface area (Å²) >= 11 is -5.38. The van der Waals surface area contributed by atoms with Crippen LogP contribution in [0, 0.1) is 0 Å². The molecule has 1 radical (unpaired) electrons. The van der Waals surface area contributed by atoms with Crippen LogP contribution in [-0.2, 0) is 24.5 Å². The Labute approximate surface area is 47.9 Å². The second-order valence-electron chi connectivity index (χ2n) is 0.396. The predicted molar refractivity (Wildman–Crippen MR) is 10.0 cm³/mol. The van der Waals surface area contributed by atoms with Crippen LogP contribution in [0.2, 0.25) is 0 Å². The van der Waals surface area contributed by atoms with Gasteiger partial charge in [-0.25, -0.2) is 0 Å². The number of rotatable bonds is 0. The third-order valence-electron chi connectivity index (χ3n) is 0. The second-order valence-corrected chi connectivity index (χ2v) is 1.63. The summed E-state index contributed by atoms with van der Waals surface area (Å²) in [6, 6.07) is 0. The molecule has 0 amide bonds. The van der Waals surface area contributed by atoms with E-state index in [1.165, 1.54) is 0 Å². The first-order valence-corrected chi connectivity index (χ1v) is 2.61. The van der Waals surface area contributed by atoms with E-state index in [4.69, 9.17) is 15.7 Å². The van der Waals surface area contributed by atoms with E-state index in [1.807, 2.05) is 0 Å². The quantitative estimate of drug-likeness (QED) is 0.410. The normalized spacial score (nSPS) is 9.50. The molecule has 6 heavy (non-hydrogen) atoms. The Morgan fingerprint density at radius 1 is 1.17 bits per heavy atom. The molecule has 33 valence electrons. The van der Waals surface area contributed by atoms with Gasteiger partial charge in [-0.05, 0) is 0 Å². The molecule has 0 aromatic heterocycles. The molecule has 6 heteroatoms. The minimum atomic E-state index is -5.38. The summed E-state index contributed by atoms with van der Waals surface area (Å²) in [4.78, 5) is 0. The summed E-state index contributed by atoms with van der Waals surface area (Å²) in [7, 11) is 0. The van der Waals surface area contributed by atoms with Crippen molar-refractivity contribution in [3.05, 3.63) is 0 Å². The van der Waals surface area contributed by atoms with E-state index in [2.05, 4.69) is 0 Å². The Hall–Kier alpha value is 0.477. The van der Waals surface area contributed by atoms with E-state index < -0.39 is 13.0 Å². The third kappa shape index (κ3) is 238. The van der Waals surface area contributed by atoms with Crippen LogP contribution in [0.4, 0.5) is 0 Å². The van der Waals surface area contributed by atoms with Crippen molar-refractivity contribution in [1.29, 1.82) is 0 Å². The van der Waals surface area contributed by atoms with Gasteiger partial charge >= 0.3 is 28.7 Å². The molecule has 0 saturated carbocycles. The van der Waals surface area contributed by atoms with E-state index in [0.29, 0.717) is 0 Å². The van der Waals surface area contributed by atoms with Crippen molar-refractivity contribution in [2.24, 2.45) is 0 Å². The van der Waals surface area contributed by atoms with Gasteiger partial charge in [0.05, 0.1) is 0 Å². The SMILES string of the molecule is [Li].[O]=[Mn](=[O])(=[O])[OH]. The average Bonchev–Trinajstić information content (AvgIpc) is 0.722. The van der Waals surface area contributed by atoms with Crippen LogP contribution in [0.25, 0.3) is 0 Å². The molecule has 0 aromatic rings. The van der Waals surface area contributed by atoms with Crippen molar-refractivity contribution < 1.29 is 28.7 Å². The summed E-state index contributed by atoms with van der Waals surface area (Å²) < 4.78 is 33.1. The average molecular weight is 127 g/mol. The Bertz CT molecular complexity index is 129. The van der Waals surface area contributed by atoms with Gasteiger partial charge in [0.1, 0.15) is 0 Å². The molecule has 0 rings (SSSR count). The summed E-state index contributed by atoms with van der Waals surface area (Å²) in [5.41, 5.74) is 0. The molecule has 0 saturated heterocycles. The standard InChI is InChI=1S/Li.Mn.H2O.3O/h;;1H2;;;/q;+1;;;;/p-1. The van der Waals surface area contributed by atoms with Crippen LogP contribution in [0.15, 0.2) is 0 Å². The van der Waals surface area contributed by atoms with E-state index in [0.717, 1.165) is 0 Å². The van der Waals surface area contributed by atoms with Crippen LogP contribution in [0.5, 0.6) is 0 Å². The summed E-state index contributed by atoms with van der Waals surface area (Å²) in [5.74, 6) is 0. The molecule has 0 aliphatic rings. The predicted octanol–water partition coefficient (Wildman–Crippen LogP) is -1.30. The molecule has 0 unspecified atom stereocenters. The van der Waals surface area contributed by atoms with Crippen LogP contribution in [0.1, 0.15) is 0 Å². The van der Waals surface area contributed by atoms with Gasteiger partial charge in [-0.3, -0.25) is 0 Å². The van der Waals surface area contributed by atoms with Crippen molar-refractivity contribution in [1.82, 2.24) is 0 Å². The maximum absolute atomic E-state index is 8.69. The van der Waals surface area contributed by atoms with Gasteiger partial charge in [-0.15, -0.1) is 0 Å². The molecule has 4 nitrogen and oxygen atoms in total. The van der Waals surface area contributed by atoms with E-state index in [9.17, 15) is 0 Å². The topological polar surface area (TPSA) is 71.4 Å². The van der Waals surface area contributed by atoms with Crippen molar-refractivity contribution in [3.63, 3.8) is 0 Å². The van der Waals surface area contributed by atoms with E-state index in [1.54, 1.807) is 0 Å². The van der Waals surface area contributed by atoms with Gasteiger partial charge in [0.25, 0.3) is 0 Å². The van der Waals surface area contributed by atoms with E-state index >= 15 is 0 Å². The molecular weight excluding hydrogens is 126 g/mol. The fraction of sp³-hybridized carbons (Fsp3) is 0. The molecule has 0 spiro atoms. The van der Waals surface area contributed by atoms with Gasteiger partial charge in [0.15, 0.2) is 0 Å². The molecule has 0 fully saturated rings. The molecule has 0 heterocycles. The number of hydrogen-bond acceptors (Lipinski definition) is 3. The van der Waals surface area contributed by atoms with Crippen LogP contribution < -0.4 is 0 Å². The monoisotopic (exact) mass is 127 g/mol. The van der Waals surface area contributed by atoms with Crippen LogP contribution in [-0.4, -0.2) is 23.0 Å². The molecular formula is HLiMnO4. The zero-order chi connectivity index (χ0) is 4.50. The first-order valence-electron chi connectivity index (χ1n) is 0.632. The number of hydrogen-bond donors (Lipinski definition) is 1. The first kappa shape index (κ1) is 9.69. The van der Waals surface area contributed by atoms with Crippen LogP contribution >= 0.6 is 0 Å². The summed E-state index contributed by atoms with van der Waals surface area (Å²) in [6.07, 6.45) is 0.